The molecule has 0 unspecified atom stereocenters. The van der Waals surface area contributed by atoms with Crippen LogP contribution < -0.4 is 19.5 Å². The van der Waals surface area contributed by atoms with Crippen molar-refractivity contribution in [2.45, 2.75) is 39.3 Å². The number of aryl methyl sites for hydroxylation is 1. The average Bonchev–Trinajstić information content (AvgIpc) is 2.67. The second kappa shape index (κ2) is 9.13. The molecule has 0 saturated carbocycles. The third-order valence-electron chi connectivity index (χ3n) is 4.24. The minimum atomic E-state index is -0.591. The van der Waals surface area contributed by atoms with Gasteiger partial charge in [-0.1, -0.05) is 30.7 Å². The molecule has 1 amide bonds. The number of amides is 1. The fourth-order valence-electron chi connectivity index (χ4n) is 2.65. The highest BCUT2D eigenvalue weighted by Crippen LogP contribution is 2.31. The van der Waals surface area contributed by atoms with Crippen LogP contribution in [0.4, 0.5) is 0 Å². The monoisotopic (exact) mass is 357 g/mol. The Bertz CT molecular complexity index is 727. The van der Waals surface area contributed by atoms with E-state index in [4.69, 9.17) is 14.2 Å². The summed E-state index contributed by atoms with van der Waals surface area (Å²) in [5.74, 6) is 1.82. The van der Waals surface area contributed by atoms with Crippen LogP contribution in [0, 0.1) is 6.92 Å². The Labute approximate surface area is 155 Å². The first-order chi connectivity index (χ1) is 12.5. The molecule has 0 spiro atoms. The topological polar surface area (TPSA) is 56.8 Å². The van der Waals surface area contributed by atoms with Gasteiger partial charge in [-0.25, -0.2) is 0 Å². The molecule has 0 aromatic heterocycles. The van der Waals surface area contributed by atoms with Gasteiger partial charge in [0.25, 0.3) is 5.91 Å². The van der Waals surface area contributed by atoms with Gasteiger partial charge >= 0.3 is 0 Å². The molecule has 2 rings (SSSR count). The van der Waals surface area contributed by atoms with Crippen LogP contribution >= 0.6 is 0 Å². The normalized spacial score (nSPS) is 12.8. The van der Waals surface area contributed by atoms with Gasteiger partial charge in [-0.2, -0.15) is 0 Å². The Morgan fingerprint density at radius 3 is 2.27 bits per heavy atom. The van der Waals surface area contributed by atoms with Crippen LogP contribution in [0.1, 0.15) is 37.4 Å². The quantitative estimate of drug-likeness (QED) is 0.774. The molecule has 5 heteroatoms. The standard InChI is InChI=1S/C21H27NO4/c1-6-18(16-9-12-19(24-4)20(13-16)25-5)22-21(23)15(3)26-17-10-7-14(2)8-11-17/h7-13,15,18H,6H2,1-5H3,(H,22,23)/t15-,18-/m1/s1. The van der Waals surface area contributed by atoms with Crippen molar-refractivity contribution in [2.75, 3.05) is 14.2 Å². The third-order valence-corrected chi connectivity index (χ3v) is 4.24. The van der Waals surface area contributed by atoms with Crippen LogP contribution in [-0.4, -0.2) is 26.2 Å². The van der Waals surface area contributed by atoms with E-state index in [-0.39, 0.29) is 11.9 Å². The van der Waals surface area contributed by atoms with Gasteiger partial charge in [-0.15, -0.1) is 0 Å². The lowest BCUT2D eigenvalue weighted by molar-refractivity contribution is -0.128. The van der Waals surface area contributed by atoms with E-state index in [1.165, 1.54) is 0 Å². The molecule has 0 aliphatic heterocycles. The number of rotatable bonds is 8. The van der Waals surface area contributed by atoms with Crippen molar-refractivity contribution in [3.8, 4) is 17.2 Å². The summed E-state index contributed by atoms with van der Waals surface area (Å²) in [5, 5.41) is 3.04. The van der Waals surface area contributed by atoms with Crippen molar-refractivity contribution in [3.05, 3.63) is 53.6 Å². The van der Waals surface area contributed by atoms with Crippen molar-refractivity contribution in [2.24, 2.45) is 0 Å². The van der Waals surface area contributed by atoms with Gasteiger partial charge in [0.2, 0.25) is 0 Å². The highest BCUT2D eigenvalue weighted by Gasteiger charge is 2.20. The van der Waals surface area contributed by atoms with Gasteiger partial charge in [0.05, 0.1) is 20.3 Å². The van der Waals surface area contributed by atoms with E-state index in [0.29, 0.717) is 17.2 Å². The molecular weight excluding hydrogens is 330 g/mol. The van der Waals surface area contributed by atoms with Gasteiger partial charge in [0.15, 0.2) is 17.6 Å². The number of benzene rings is 2. The molecule has 5 nitrogen and oxygen atoms in total. The predicted octanol–water partition coefficient (Wildman–Crippen LogP) is 4.05. The van der Waals surface area contributed by atoms with Crippen LogP contribution in [-0.2, 0) is 4.79 Å². The van der Waals surface area contributed by atoms with E-state index < -0.39 is 6.10 Å². The highest BCUT2D eigenvalue weighted by atomic mass is 16.5. The van der Waals surface area contributed by atoms with E-state index in [0.717, 1.165) is 17.5 Å². The minimum Gasteiger partial charge on any atom is -0.493 e. The largest absolute Gasteiger partial charge is 0.493 e. The molecule has 0 fully saturated rings. The second-order valence-corrected chi connectivity index (χ2v) is 6.16. The Morgan fingerprint density at radius 1 is 1.04 bits per heavy atom. The van der Waals surface area contributed by atoms with Crippen LogP contribution in [0.25, 0.3) is 0 Å². The van der Waals surface area contributed by atoms with Crippen molar-refractivity contribution < 1.29 is 19.0 Å². The van der Waals surface area contributed by atoms with E-state index in [1.807, 2.05) is 56.3 Å². The van der Waals surface area contributed by atoms with Crippen LogP contribution in [0.3, 0.4) is 0 Å². The summed E-state index contributed by atoms with van der Waals surface area (Å²) in [7, 11) is 3.19. The molecule has 0 bridgehead atoms. The van der Waals surface area contributed by atoms with E-state index in [2.05, 4.69) is 5.32 Å². The zero-order chi connectivity index (χ0) is 19.1. The Hall–Kier alpha value is -2.69. The first kappa shape index (κ1) is 19.6. The summed E-state index contributed by atoms with van der Waals surface area (Å²) in [5.41, 5.74) is 2.11. The lowest BCUT2D eigenvalue weighted by Crippen LogP contribution is -2.38. The number of ether oxygens (including phenoxy) is 3. The molecule has 2 atom stereocenters. The second-order valence-electron chi connectivity index (χ2n) is 6.16. The Balaban J connectivity index is 2.06. The van der Waals surface area contributed by atoms with E-state index in [1.54, 1.807) is 21.1 Å². The first-order valence-corrected chi connectivity index (χ1v) is 8.74. The lowest BCUT2D eigenvalue weighted by atomic mass is 10.0. The predicted molar refractivity (Wildman–Crippen MR) is 102 cm³/mol. The maximum absolute atomic E-state index is 12.5. The number of hydrogen-bond donors (Lipinski definition) is 1. The van der Waals surface area contributed by atoms with Crippen molar-refractivity contribution in [1.29, 1.82) is 0 Å². The molecule has 0 saturated heterocycles. The van der Waals surface area contributed by atoms with Gasteiger partial charge < -0.3 is 19.5 Å². The van der Waals surface area contributed by atoms with E-state index in [9.17, 15) is 4.79 Å². The SMILES string of the molecule is CC[C@@H](NC(=O)[C@@H](C)Oc1ccc(C)cc1)c1ccc(OC)c(OC)c1. The molecule has 2 aromatic carbocycles. The summed E-state index contributed by atoms with van der Waals surface area (Å²) < 4.78 is 16.4. The molecule has 26 heavy (non-hydrogen) atoms. The van der Waals surface area contributed by atoms with Crippen LogP contribution in [0.15, 0.2) is 42.5 Å². The maximum atomic E-state index is 12.5. The Morgan fingerprint density at radius 2 is 1.69 bits per heavy atom. The zero-order valence-electron chi connectivity index (χ0n) is 16.0. The van der Waals surface area contributed by atoms with Crippen molar-refractivity contribution in [1.82, 2.24) is 5.32 Å². The Kier molecular flexibility index (Phi) is 6.89. The summed E-state index contributed by atoms with van der Waals surface area (Å²) in [4.78, 5) is 12.5. The number of carbonyl (C=O) groups is 1. The molecular formula is C21H27NO4. The van der Waals surface area contributed by atoms with Gasteiger partial charge in [0.1, 0.15) is 5.75 Å². The smallest absolute Gasteiger partial charge is 0.261 e. The molecule has 0 radical (unpaired) electrons. The number of methoxy groups -OCH3 is 2. The highest BCUT2D eigenvalue weighted by molar-refractivity contribution is 5.81. The number of carbonyl (C=O) groups excluding carboxylic acids is 1. The van der Waals surface area contributed by atoms with Crippen LogP contribution in [0.5, 0.6) is 17.2 Å². The first-order valence-electron chi connectivity index (χ1n) is 8.74. The molecule has 0 aliphatic carbocycles. The van der Waals surface area contributed by atoms with Crippen molar-refractivity contribution >= 4 is 5.91 Å². The lowest BCUT2D eigenvalue weighted by Gasteiger charge is -2.22. The third kappa shape index (κ3) is 4.91. The molecule has 0 aliphatic rings. The summed E-state index contributed by atoms with van der Waals surface area (Å²) in [6, 6.07) is 13.2. The van der Waals surface area contributed by atoms with E-state index >= 15 is 0 Å². The summed E-state index contributed by atoms with van der Waals surface area (Å²) in [6.07, 6.45) is 0.158. The van der Waals surface area contributed by atoms with Gasteiger partial charge in [0, 0.05) is 0 Å². The van der Waals surface area contributed by atoms with Crippen LogP contribution in [0.2, 0.25) is 0 Å². The number of hydrogen-bond acceptors (Lipinski definition) is 4. The fourth-order valence-corrected chi connectivity index (χ4v) is 2.65. The summed E-state index contributed by atoms with van der Waals surface area (Å²) in [6.45, 7) is 5.78. The van der Waals surface area contributed by atoms with Crippen molar-refractivity contribution in [3.63, 3.8) is 0 Å². The number of nitrogens with one attached hydrogen (secondary N) is 1. The van der Waals surface area contributed by atoms with Gasteiger partial charge in [-0.05, 0) is 50.1 Å². The maximum Gasteiger partial charge on any atom is 0.261 e. The molecule has 1 N–H and O–H groups in total. The minimum absolute atomic E-state index is 0.133. The molecule has 140 valence electrons. The molecule has 2 aromatic rings. The fraction of sp³-hybridized carbons (Fsp3) is 0.381. The molecule has 0 heterocycles. The summed E-state index contributed by atoms with van der Waals surface area (Å²) >= 11 is 0. The van der Waals surface area contributed by atoms with Gasteiger partial charge in [-0.3, -0.25) is 4.79 Å². The average molecular weight is 357 g/mol. The zero-order valence-corrected chi connectivity index (χ0v) is 16.0.